The van der Waals surface area contributed by atoms with E-state index in [-0.39, 0.29) is 11.7 Å². The van der Waals surface area contributed by atoms with E-state index in [4.69, 9.17) is 13.9 Å². The molecule has 0 aliphatic heterocycles. The van der Waals surface area contributed by atoms with Gasteiger partial charge in [-0.15, -0.1) is 0 Å². The first-order valence-electron chi connectivity index (χ1n) is 11.9. The van der Waals surface area contributed by atoms with Crippen molar-refractivity contribution < 1.29 is 23.1 Å². The molecule has 4 aromatic rings. The van der Waals surface area contributed by atoms with E-state index in [9.17, 15) is 9.18 Å². The van der Waals surface area contributed by atoms with Crippen LogP contribution in [0.2, 0.25) is 0 Å². The number of furan rings is 1. The van der Waals surface area contributed by atoms with Gasteiger partial charge in [-0.2, -0.15) is 0 Å². The second kappa shape index (κ2) is 11.1. The molecule has 0 fully saturated rings. The van der Waals surface area contributed by atoms with E-state index < -0.39 is 0 Å². The molecule has 186 valence electrons. The fourth-order valence-corrected chi connectivity index (χ4v) is 4.26. The minimum Gasteiger partial charge on any atom is -0.497 e. The van der Waals surface area contributed by atoms with Gasteiger partial charge in [0.15, 0.2) is 0 Å². The van der Waals surface area contributed by atoms with Crippen molar-refractivity contribution in [3.63, 3.8) is 0 Å². The second-order valence-corrected chi connectivity index (χ2v) is 8.56. The standard InChI is InChI=1S/C30H30FNO4/c1-5-35-29-20(3)30-26(27(18-36-30)22-7-6-8-24(16-22)34-4)17-25(29)19(2)15-28(33)32-14-13-21-9-11-23(31)12-10-21/h6-12,15-18H,5,13-14H2,1-4H3,(H,32,33)/b19-15+. The van der Waals surface area contributed by atoms with Crippen molar-refractivity contribution in [2.24, 2.45) is 0 Å². The Kier molecular flexibility index (Phi) is 7.74. The molecule has 0 unspecified atom stereocenters. The number of hydrogen-bond donors (Lipinski definition) is 1. The molecule has 1 N–H and O–H groups in total. The van der Waals surface area contributed by atoms with Crippen molar-refractivity contribution in [1.82, 2.24) is 5.32 Å². The number of aryl methyl sites for hydroxylation is 1. The van der Waals surface area contributed by atoms with Crippen molar-refractivity contribution in [2.75, 3.05) is 20.3 Å². The Bertz CT molecular complexity index is 1400. The van der Waals surface area contributed by atoms with E-state index in [1.807, 2.05) is 51.1 Å². The third-order valence-electron chi connectivity index (χ3n) is 6.11. The third-order valence-corrected chi connectivity index (χ3v) is 6.11. The molecular weight excluding hydrogens is 457 g/mol. The van der Waals surface area contributed by atoms with Crippen molar-refractivity contribution in [2.45, 2.75) is 27.2 Å². The van der Waals surface area contributed by atoms with Gasteiger partial charge in [-0.25, -0.2) is 4.39 Å². The van der Waals surface area contributed by atoms with Crippen molar-refractivity contribution in [3.8, 4) is 22.6 Å². The van der Waals surface area contributed by atoms with Gasteiger partial charge in [-0.1, -0.05) is 24.3 Å². The average molecular weight is 488 g/mol. The molecule has 1 amide bonds. The number of carbonyl (C=O) groups excluding carboxylic acids is 1. The molecule has 0 spiro atoms. The molecule has 0 aliphatic carbocycles. The number of amides is 1. The predicted octanol–water partition coefficient (Wildman–Crippen LogP) is 6.72. The van der Waals surface area contributed by atoms with Crippen molar-refractivity contribution >= 4 is 22.4 Å². The molecule has 36 heavy (non-hydrogen) atoms. The van der Waals surface area contributed by atoms with Crippen LogP contribution in [-0.4, -0.2) is 26.2 Å². The molecule has 1 heterocycles. The fourth-order valence-electron chi connectivity index (χ4n) is 4.26. The third kappa shape index (κ3) is 5.43. The number of allylic oxidation sites excluding steroid dienone is 1. The molecule has 0 bridgehead atoms. The summed E-state index contributed by atoms with van der Waals surface area (Å²) in [6, 6.07) is 16.1. The highest BCUT2D eigenvalue weighted by Crippen LogP contribution is 2.41. The molecule has 0 aliphatic rings. The summed E-state index contributed by atoms with van der Waals surface area (Å²) in [7, 11) is 1.64. The zero-order chi connectivity index (χ0) is 25.7. The number of rotatable bonds is 9. The van der Waals surface area contributed by atoms with Crippen molar-refractivity contribution in [3.05, 3.63) is 89.4 Å². The van der Waals surface area contributed by atoms with Crippen LogP contribution in [0.4, 0.5) is 4.39 Å². The Balaban J connectivity index is 1.64. The van der Waals surface area contributed by atoms with Gasteiger partial charge in [0.2, 0.25) is 5.91 Å². The number of ether oxygens (including phenoxy) is 2. The molecule has 5 nitrogen and oxygen atoms in total. The van der Waals surface area contributed by atoms with Crippen LogP contribution in [0.25, 0.3) is 27.7 Å². The maximum Gasteiger partial charge on any atom is 0.244 e. The van der Waals surface area contributed by atoms with E-state index in [1.54, 1.807) is 31.6 Å². The normalized spacial score (nSPS) is 11.5. The Morgan fingerprint density at radius 3 is 2.64 bits per heavy atom. The van der Waals surface area contributed by atoms with Crippen LogP contribution in [0.1, 0.15) is 30.5 Å². The highest BCUT2D eigenvalue weighted by Gasteiger charge is 2.19. The largest absolute Gasteiger partial charge is 0.497 e. The maximum absolute atomic E-state index is 13.1. The Morgan fingerprint density at radius 1 is 1.14 bits per heavy atom. The van der Waals surface area contributed by atoms with Gasteiger partial charge in [0.1, 0.15) is 22.9 Å². The summed E-state index contributed by atoms with van der Waals surface area (Å²) in [6.45, 7) is 6.73. The summed E-state index contributed by atoms with van der Waals surface area (Å²) < 4.78 is 30.4. The summed E-state index contributed by atoms with van der Waals surface area (Å²) in [5, 5.41) is 3.85. The first-order chi connectivity index (χ1) is 17.4. The van der Waals surface area contributed by atoms with E-state index in [0.29, 0.717) is 25.3 Å². The van der Waals surface area contributed by atoms with Gasteiger partial charge < -0.3 is 19.2 Å². The highest BCUT2D eigenvalue weighted by molar-refractivity contribution is 6.01. The highest BCUT2D eigenvalue weighted by atomic mass is 19.1. The quantitative estimate of drug-likeness (QED) is 0.266. The molecule has 0 radical (unpaired) electrons. The molecule has 4 rings (SSSR count). The number of halogens is 1. The number of benzene rings is 3. The van der Waals surface area contributed by atoms with Gasteiger partial charge >= 0.3 is 0 Å². The molecule has 1 aromatic heterocycles. The summed E-state index contributed by atoms with van der Waals surface area (Å²) in [5.41, 5.74) is 6.11. The zero-order valence-electron chi connectivity index (χ0n) is 21.0. The van der Waals surface area contributed by atoms with Crippen LogP contribution in [0.15, 0.2) is 71.4 Å². The van der Waals surface area contributed by atoms with Gasteiger partial charge in [0, 0.05) is 34.7 Å². The first-order valence-corrected chi connectivity index (χ1v) is 11.9. The zero-order valence-corrected chi connectivity index (χ0v) is 21.0. The SMILES string of the molecule is CCOc1c(/C(C)=C/C(=O)NCCc2ccc(F)cc2)cc2c(-c3cccc(OC)c3)coc2c1C. The summed E-state index contributed by atoms with van der Waals surface area (Å²) >= 11 is 0. The molecular formula is C30H30FNO4. The summed E-state index contributed by atoms with van der Waals surface area (Å²) in [4.78, 5) is 12.7. The molecule has 0 saturated carbocycles. The Labute approximate surface area is 210 Å². The van der Waals surface area contributed by atoms with Crippen LogP contribution in [-0.2, 0) is 11.2 Å². The van der Waals surface area contributed by atoms with Gasteiger partial charge in [-0.05, 0) is 74.2 Å². The number of fused-ring (bicyclic) bond motifs is 1. The lowest BCUT2D eigenvalue weighted by molar-refractivity contribution is -0.116. The van der Waals surface area contributed by atoms with Crippen LogP contribution in [0.3, 0.4) is 0 Å². The van der Waals surface area contributed by atoms with Crippen LogP contribution in [0.5, 0.6) is 11.5 Å². The van der Waals surface area contributed by atoms with E-state index >= 15 is 0 Å². The second-order valence-electron chi connectivity index (χ2n) is 8.56. The first kappa shape index (κ1) is 25.0. The Hall–Kier alpha value is -4.06. The number of hydrogen-bond acceptors (Lipinski definition) is 4. The van der Waals surface area contributed by atoms with Gasteiger partial charge in [-0.3, -0.25) is 4.79 Å². The van der Waals surface area contributed by atoms with Crippen LogP contribution >= 0.6 is 0 Å². The van der Waals surface area contributed by atoms with Gasteiger partial charge in [0.05, 0.1) is 20.0 Å². The van der Waals surface area contributed by atoms with Crippen LogP contribution in [0, 0.1) is 12.7 Å². The lowest BCUT2D eigenvalue weighted by atomic mass is 9.96. The topological polar surface area (TPSA) is 60.7 Å². The monoisotopic (exact) mass is 487 g/mol. The lowest BCUT2D eigenvalue weighted by Crippen LogP contribution is -2.23. The van der Waals surface area contributed by atoms with E-state index in [1.165, 1.54) is 12.1 Å². The molecule has 6 heteroatoms. The minimum atomic E-state index is -0.272. The molecule has 0 atom stereocenters. The maximum atomic E-state index is 13.1. The van der Waals surface area contributed by atoms with Crippen LogP contribution < -0.4 is 14.8 Å². The lowest BCUT2D eigenvalue weighted by Gasteiger charge is -2.15. The average Bonchev–Trinajstić information content (AvgIpc) is 3.31. The molecule has 3 aromatic carbocycles. The van der Waals surface area contributed by atoms with E-state index in [2.05, 4.69) is 5.32 Å². The van der Waals surface area contributed by atoms with E-state index in [0.717, 1.165) is 50.1 Å². The smallest absolute Gasteiger partial charge is 0.244 e. The summed E-state index contributed by atoms with van der Waals surface area (Å²) in [6.07, 6.45) is 3.94. The number of methoxy groups -OCH3 is 1. The summed E-state index contributed by atoms with van der Waals surface area (Å²) in [5.74, 6) is 0.989. The van der Waals surface area contributed by atoms with Gasteiger partial charge in [0.25, 0.3) is 0 Å². The van der Waals surface area contributed by atoms with Crippen molar-refractivity contribution in [1.29, 1.82) is 0 Å². The molecule has 0 saturated heterocycles. The Morgan fingerprint density at radius 2 is 1.92 bits per heavy atom. The fraction of sp³-hybridized carbons (Fsp3) is 0.233. The number of carbonyl (C=O) groups is 1. The number of nitrogens with one attached hydrogen (secondary N) is 1. The predicted molar refractivity (Wildman–Crippen MR) is 141 cm³/mol. The minimum absolute atomic E-state index is 0.199.